The molecule has 29 heavy (non-hydrogen) atoms. The number of alkyl halides is 3. The maximum absolute atomic E-state index is 13.1. The minimum absolute atomic E-state index is 0.0460. The van der Waals surface area contributed by atoms with Crippen LogP contribution in [0.5, 0.6) is 0 Å². The highest BCUT2D eigenvalue weighted by molar-refractivity contribution is 7.92. The number of Topliss-reactive ketones (excluding diaryl/α,β-unsaturated/α-hetero) is 1. The van der Waals surface area contributed by atoms with Crippen LogP contribution in [-0.2, 0) is 20.8 Å². The zero-order chi connectivity index (χ0) is 21.4. The highest BCUT2D eigenvalue weighted by atomic mass is 32.2. The number of sulfone groups is 1. The second-order valence-corrected chi connectivity index (χ2v) is 11.4. The second-order valence-electron chi connectivity index (χ2n) is 8.88. The van der Waals surface area contributed by atoms with E-state index in [1.54, 1.807) is 13.8 Å². The van der Waals surface area contributed by atoms with Crippen molar-refractivity contribution in [2.45, 2.75) is 61.8 Å². The summed E-state index contributed by atoms with van der Waals surface area (Å²) in [7, 11) is -3.95. The lowest BCUT2D eigenvalue weighted by Crippen LogP contribution is -2.47. The van der Waals surface area contributed by atoms with Crippen molar-refractivity contribution in [1.29, 1.82) is 0 Å². The summed E-state index contributed by atoms with van der Waals surface area (Å²) in [5.41, 5.74) is -0.965. The Morgan fingerprint density at radius 1 is 1.21 bits per heavy atom. The molecule has 0 radical (unpaired) electrons. The molecule has 1 aromatic carbocycles. The van der Waals surface area contributed by atoms with E-state index in [2.05, 4.69) is 5.32 Å². The Morgan fingerprint density at radius 2 is 1.90 bits per heavy atom. The van der Waals surface area contributed by atoms with Crippen molar-refractivity contribution >= 4 is 15.6 Å². The maximum Gasteiger partial charge on any atom is 0.416 e. The first-order chi connectivity index (χ1) is 13.4. The van der Waals surface area contributed by atoms with E-state index in [-0.39, 0.29) is 28.4 Å². The molecule has 0 spiro atoms. The van der Waals surface area contributed by atoms with E-state index in [9.17, 15) is 26.4 Å². The number of carbonyl (C=O) groups is 1. The first-order valence-electron chi connectivity index (χ1n) is 10.1. The summed E-state index contributed by atoms with van der Waals surface area (Å²) in [6.45, 7) is 4.81. The molecule has 1 saturated heterocycles. The molecule has 1 atom stereocenters. The van der Waals surface area contributed by atoms with Crippen molar-refractivity contribution in [3.8, 4) is 0 Å². The number of piperidine rings is 1. The van der Waals surface area contributed by atoms with Gasteiger partial charge in [-0.15, -0.1) is 0 Å². The molecule has 0 bridgehead atoms. The van der Waals surface area contributed by atoms with Crippen LogP contribution in [-0.4, -0.2) is 32.0 Å². The quantitative estimate of drug-likeness (QED) is 0.732. The number of hydrogen-bond acceptors (Lipinski definition) is 4. The van der Waals surface area contributed by atoms with E-state index in [4.69, 9.17) is 0 Å². The molecule has 1 heterocycles. The first kappa shape index (κ1) is 22.3. The molecule has 3 rings (SSSR count). The standard InChI is InChI=1S/C21H28F3NO3S/c1-20(2,29(27,28)18-7-3-6-16(12-18)21(22,23)24)17-9-14(10-17)11-19(26)15-5-4-8-25-13-15/h3,6-7,12,14-15,17,25H,4-5,8-11,13H2,1-2H3. The summed E-state index contributed by atoms with van der Waals surface area (Å²) in [4.78, 5) is 12.1. The van der Waals surface area contributed by atoms with Crippen molar-refractivity contribution < 1.29 is 26.4 Å². The van der Waals surface area contributed by atoms with Crippen LogP contribution in [0.15, 0.2) is 29.2 Å². The van der Waals surface area contributed by atoms with Crippen LogP contribution < -0.4 is 5.32 Å². The van der Waals surface area contributed by atoms with Crippen molar-refractivity contribution in [3.63, 3.8) is 0 Å². The lowest BCUT2D eigenvalue weighted by Gasteiger charge is -2.45. The third kappa shape index (κ3) is 4.53. The SMILES string of the molecule is CC(C)(C1CC(CC(=O)C2CCCNC2)C1)S(=O)(=O)c1cccc(C(F)(F)F)c1. The number of carbonyl (C=O) groups excluding carboxylic acids is 1. The second kappa shape index (κ2) is 8.02. The third-order valence-corrected chi connectivity index (χ3v) is 9.22. The third-order valence-electron chi connectivity index (χ3n) is 6.63. The van der Waals surface area contributed by atoms with Gasteiger partial charge in [-0.1, -0.05) is 6.07 Å². The van der Waals surface area contributed by atoms with Crippen LogP contribution in [0.25, 0.3) is 0 Å². The number of rotatable bonds is 6. The van der Waals surface area contributed by atoms with Crippen LogP contribution in [0.4, 0.5) is 13.2 Å². The average molecular weight is 432 g/mol. The van der Waals surface area contributed by atoms with Crippen molar-refractivity contribution in [2.24, 2.45) is 17.8 Å². The normalized spacial score (nSPS) is 26.0. The van der Waals surface area contributed by atoms with Gasteiger partial charge < -0.3 is 5.32 Å². The van der Waals surface area contributed by atoms with Crippen LogP contribution in [0.1, 0.15) is 51.5 Å². The van der Waals surface area contributed by atoms with Gasteiger partial charge >= 0.3 is 6.18 Å². The van der Waals surface area contributed by atoms with Gasteiger partial charge in [0.1, 0.15) is 5.78 Å². The zero-order valence-electron chi connectivity index (χ0n) is 16.8. The summed E-state index contributed by atoms with van der Waals surface area (Å²) in [5.74, 6) is 0.263. The smallest absolute Gasteiger partial charge is 0.316 e. The van der Waals surface area contributed by atoms with E-state index in [1.165, 1.54) is 6.07 Å². The molecule has 1 saturated carbocycles. The van der Waals surface area contributed by atoms with Crippen molar-refractivity contribution in [3.05, 3.63) is 29.8 Å². The molecular formula is C21H28F3NO3S. The van der Waals surface area contributed by atoms with E-state index in [0.29, 0.717) is 31.9 Å². The largest absolute Gasteiger partial charge is 0.416 e. The highest BCUT2D eigenvalue weighted by Crippen LogP contribution is 2.48. The fourth-order valence-electron chi connectivity index (χ4n) is 4.41. The molecule has 1 unspecified atom stereocenters. The molecule has 1 aliphatic carbocycles. The van der Waals surface area contributed by atoms with Crippen LogP contribution >= 0.6 is 0 Å². The van der Waals surface area contributed by atoms with Gasteiger partial charge in [0.25, 0.3) is 0 Å². The van der Waals surface area contributed by atoms with Crippen LogP contribution in [0.2, 0.25) is 0 Å². The van der Waals surface area contributed by atoms with Gasteiger partial charge in [-0.25, -0.2) is 8.42 Å². The Hall–Kier alpha value is -1.41. The number of benzene rings is 1. The Kier molecular flexibility index (Phi) is 6.16. The predicted molar refractivity (Wildman–Crippen MR) is 104 cm³/mol. The van der Waals surface area contributed by atoms with Gasteiger partial charge in [-0.2, -0.15) is 13.2 Å². The van der Waals surface area contributed by atoms with Gasteiger partial charge in [-0.3, -0.25) is 4.79 Å². The van der Waals surface area contributed by atoms with E-state index in [0.717, 1.165) is 31.5 Å². The minimum Gasteiger partial charge on any atom is -0.316 e. The molecule has 4 nitrogen and oxygen atoms in total. The van der Waals surface area contributed by atoms with Gasteiger partial charge in [0, 0.05) is 18.9 Å². The molecule has 1 aromatic rings. The van der Waals surface area contributed by atoms with E-state index < -0.39 is 26.3 Å². The number of hydrogen-bond donors (Lipinski definition) is 1. The van der Waals surface area contributed by atoms with Crippen LogP contribution in [0, 0.1) is 17.8 Å². The lowest BCUT2D eigenvalue weighted by atomic mass is 9.66. The number of ketones is 1. The average Bonchev–Trinajstić information content (AvgIpc) is 2.64. The Balaban J connectivity index is 1.66. The Morgan fingerprint density at radius 3 is 2.48 bits per heavy atom. The number of nitrogens with one attached hydrogen (secondary N) is 1. The van der Waals surface area contributed by atoms with Crippen molar-refractivity contribution in [1.82, 2.24) is 5.32 Å². The molecule has 2 fully saturated rings. The molecule has 0 aromatic heterocycles. The fraction of sp³-hybridized carbons (Fsp3) is 0.667. The molecule has 0 amide bonds. The highest BCUT2D eigenvalue weighted by Gasteiger charge is 2.49. The molecule has 162 valence electrons. The molecule has 1 aliphatic heterocycles. The maximum atomic E-state index is 13.1. The van der Waals surface area contributed by atoms with Gasteiger partial charge in [0.15, 0.2) is 9.84 Å². The van der Waals surface area contributed by atoms with Crippen LogP contribution in [0.3, 0.4) is 0 Å². The predicted octanol–water partition coefficient (Wildman–Crippen LogP) is 4.24. The monoisotopic (exact) mass is 431 g/mol. The van der Waals surface area contributed by atoms with Gasteiger partial charge in [-0.05, 0) is 76.1 Å². The molecule has 2 aliphatic rings. The summed E-state index contributed by atoms with van der Waals surface area (Å²) in [5, 5.41) is 3.23. The number of halogens is 3. The van der Waals surface area contributed by atoms with Gasteiger partial charge in [0.2, 0.25) is 0 Å². The Bertz CT molecular complexity index is 852. The topological polar surface area (TPSA) is 63.2 Å². The van der Waals surface area contributed by atoms with Crippen molar-refractivity contribution in [2.75, 3.05) is 13.1 Å². The lowest BCUT2D eigenvalue weighted by molar-refractivity contribution is -0.137. The zero-order valence-corrected chi connectivity index (χ0v) is 17.6. The summed E-state index contributed by atoms with van der Waals surface area (Å²) in [6.07, 6.45) is -1.02. The summed E-state index contributed by atoms with van der Waals surface area (Å²) < 4.78 is 64.0. The summed E-state index contributed by atoms with van der Waals surface area (Å²) in [6, 6.07) is 3.94. The van der Waals surface area contributed by atoms with E-state index in [1.807, 2.05) is 0 Å². The minimum atomic E-state index is -4.59. The van der Waals surface area contributed by atoms with E-state index >= 15 is 0 Å². The fourth-order valence-corrected chi connectivity index (χ4v) is 6.19. The molecular weight excluding hydrogens is 403 g/mol. The summed E-state index contributed by atoms with van der Waals surface area (Å²) >= 11 is 0. The Labute approximate surface area is 170 Å². The molecule has 1 N–H and O–H groups in total. The molecule has 8 heteroatoms. The van der Waals surface area contributed by atoms with Gasteiger partial charge in [0.05, 0.1) is 15.2 Å². The first-order valence-corrected chi connectivity index (χ1v) is 11.6.